The number of ether oxygens (including phenoxy) is 1. The zero-order chi connectivity index (χ0) is 11.7. The molecule has 15 heavy (non-hydrogen) atoms. The number of aliphatic hydroxyl groups excluding tert-OH is 1. The van der Waals surface area contributed by atoms with Crippen LogP contribution >= 0.6 is 0 Å². The second kappa shape index (κ2) is 4.40. The summed E-state index contributed by atoms with van der Waals surface area (Å²) in [6.45, 7) is 13.0. The van der Waals surface area contributed by atoms with Crippen molar-refractivity contribution in [2.75, 3.05) is 19.6 Å². The van der Waals surface area contributed by atoms with E-state index in [-0.39, 0.29) is 17.3 Å². The van der Waals surface area contributed by atoms with Crippen LogP contribution in [0.3, 0.4) is 0 Å². The maximum atomic E-state index is 9.67. The van der Waals surface area contributed by atoms with Crippen molar-refractivity contribution in [1.82, 2.24) is 4.90 Å². The lowest BCUT2D eigenvalue weighted by molar-refractivity contribution is -0.183. The van der Waals surface area contributed by atoms with Gasteiger partial charge < -0.3 is 9.84 Å². The van der Waals surface area contributed by atoms with Crippen LogP contribution in [0.25, 0.3) is 0 Å². The Morgan fingerprint density at radius 2 is 1.67 bits per heavy atom. The highest BCUT2D eigenvalue weighted by molar-refractivity contribution is 4.89. The Kier molecular flexibility index (Phi) is 3.80. The molecule has 0 aliphatic carbocycles. The topological polar surface area (TPSA) is 32.7 Å². The summed E-state index contributed by atoms with van der Waals surface area (Å²) in [5.74, 6) is 0. The van der Waals surface area contributed by atoms with E-state index in [1.807, 2.05) is 6.92 Å². The zero-order valence-electron chi connectivity index (χ0n) is 10.7. The monoisotopic (exact) mass is 215 g/mol. The number of hydrogen-bond donors (Lipinski definition) is 1. The van der Waals surface area contributed by atoms with Gasteiger partial charge in [-0.3, -0.25) is 4.90 Å². The molecule has 1 N–H and O–H groups in total. The maximum absolute atomic E-state index is 9.67. The van der Waals surface area contributed by atoms with E-state index in [4.69, 9.17) is 4.74 Å². The predicted molar refractivity (Wildman–Crippen MR) is 62.0 cm³/mol. The van der Waals surface area contributed by atoms with Crippen molar-refractivity contribution in [3.63, 3.8) is 0 Å². The van der Waals surface area contributed by atoms with E-state index in [0.717, 1.165) is 26.1 Å². The van der Waals surface area contributed by atoms with Crippen LogP contribution in [0.5, 0.6) is 0 Å². The van der Waals surface area contributed by atoms with E-state index >= 15 is 0 Å². The zero-order valence-corrected chi connectivity index (χ0v) is 10.7. The summed E-state index contributed by atoms with van der Waals surface area (Å²) < 4.78 is 5.98. The summed E-state index contributed by atoms with van der Waals surface area (Å²) in [7, 11) is 0. The van der Waals surface area contributed by atoms with Gasteiger partial charge >= 0.3 is 0 Å². The van der Waals surface area contributed by atoms with Gasteiger partial charge in [-0.1, -0.05) is 6.92 Å². The standard InChI is InChI=1S/C12H25NO2/c1-6-10(14)7-13-8-11(2,3)15-12(4,5)9-13/h10,14H,6-9H2,1-5H3. The molecule has 0 bridgehead atoms. The highest BCUT2D eigenvalue weighted by atomic mass is 16.5. The van der Waals surface area contributed by atoms with Crippen LogP contribution in [0, 0.1) is 0 Å². The molecule has 1 saturated heterocycles. The van der Waals surface area contributed by atoms with E-state index in [1.54, 1.807) is 0 Å². The molecule has 0 spiro atoms. The molecular weight excluding hydrogens is 190 g/mol. The smallest absolute Gasteiger partial charge is 0.0760 e. The first-order valence-corrected chi connectivity index (χ1v) is 5.85. The molecule has 1 rings (SSSR count). The van der Waals surface area contributed by atoms with Crippen molar-refractivity contribution in [3.8, 4) is 0 Å². The number of rotatable bonds is 3. The van der Waals surface area contributed by atoms with E-state index in [0.29, 0.717) is 0 Å². The maximum Gasteiger partial charge on any atom is 0.0760 e. The Hall–Kier alpha value is -0.120. The van der Waals surface area contributed by atoms with Crippen molar-refractivity contribution < 1.29 is 9.84 Å². The van der Waals surface area contributed by atoms with Gasteiger partial charge in [0.05, 0.1) is 17.3 Å². The molecule has 0 saturated carbocycles. The van der Waals surface area contributed by atoms with Gasteiger partial charge in [0, 0.05) is 19.6 Å². The minimum atomic E-state index is -0.213. The quantitative estimate of drug-likeness (QED) is 0.777. The second-order valence-electron chi connectivity index (χ2n) is 5.85. The minimum absolute atomic E-state index is 0.116. The minimum Gasteiger partial charge on any atom is -0.392 e. The average Bonchev–Trinajstić information content (AvgIpc) is 1.97. The molecule has 1 unspecified atom stereocenters. The Balaban J connectivity index is 2.59. The van der Waals surface area contributed by atoms with Gasteiger partial charge in [-0.2, -0.15) is 0 Å². The molecule has 3 nitrogen and oxygen atoms in total. The van der Waals surface area contributed by atoms with Gasteiger partial charge in [0.15, 0.2) is 0 Å². The van der Waals surface area contributed by atoms with Gasteiger partial charge in [-0.15, -0.1) is 0 Å². The van der Waals surface area contributed by atoms with Crippen molar-refractivity contribution in [2.45, 2.75) is 58.3 Å². The van der Waals surface area contributed by atoms with Crippen molar-refractivity contribution in [3.05, 3.63) is 0 Å². The summed E-state index contributed by atoms with van der Waals surface area (Å²) >= 11 is 0. The molecule has 0 aromatic rings. The Bertz CT molecular complexity index is 198. The third-order valence-electron chi connectivity index (χ3n) is 2.70. The SMILES string of the molecule is CCC(O)CN1CC(C)(C)OC(C)(C)C1. The first-order chi connectivity index (χ1) is 6.74. The highest BCUT2D eigenvalue weighted by Crippen LogP contribution is 2.28. The lowest BCUT2D eigenvalue weighted by Gasteiger charge is -2.47. The van der Waals surface area contributed by atoms with Crippen LogP contribution < -0.4 is 0 Å². The van der Waals surface area contributed by atoms with Gasteiger partial charge in [0.1, 0.15) is 0 Å². The third-order valence-corrected chi connectivity index (χ3v) is 2.70. The molecule has 0 radical (unpaired) electrons. The fourth-order valence-electron chi connectivity index (χ4n) is 2.50. The lowest BCUT2D eigenvalue weighted by atomic mass is 9.98. The Labute approximate surface area is 93.4 Å². The second-order valence-corrected chi connectivity index (χ2v) is 5.85. The molecule has 0 aromatic carbocycles. The fourth-order valence-corrected chi connectivity index (χ4v) is 2.50. The largest absolute Gasteiger partial charge is 0.392 e. The molecule has 0 aromatic heterocycles. The van der Waals surface area contributed by atoms with Gasteiger partial charge in [0.2, 0.25) is 0 Å². The van der Waals surface area contributed by atoms with E-state index in [1.165, 1.54) is 0 Å². The van der Waals surface area contributed by atoms with Crippen LogP contribution in [0.2, 0.25) is 0 Å². The molecule has 3 heteroatoms. The molecule has 1 fully saturated rings. The normalized spacial score (nSPS) is 27.6. The van der Waals surface area contributed by atoms with Crippen LogP contribution in [0.15, 0.2) is 0 Å². The molecule has 0 amide bonds. The molecular formula is C12H25NO2. The molecule has 1 atom stereocenters. The molecule has 90 valence electrons. The van der Waals surface area contributed by atoms with Gasteiger partial charge in [-0.05, 0) is 34.1 Å². The predicted octanol–water partition coefficient (Wildman–Crippen LogP) is 1.65. The van der Waals surface area contributed by atoms with E-state index in [2.05, 4.69) is 32.6 Å². The summed E-state index contributed by atoms with van der Waals surface area (Å²) in [5, 5.41) is 9.67. The number of β-amino-alcohol motifs (C(OH)–C–C–N with tert-alkyl or cyclic N) is 1. The molecule has 1 heterocycles. The molecule has 1 aliphatic rings. The van der Waals surface area contributed by atoms with E-state index < -0.39 is 0 Å². The first kappa shape index (κ1) is 12.9. The van der Waals surface area contributed by atoms with Crippen LogP contribution in [0.4, 0.5) is 0 Å². The van der Waals surface area contributed by atoms with Gasteiger partial charge in [-0.25, -0.2) is 0 Å². The lowest BCUT2D eigenvalue weighted by Crippen LogP contribution is -2.58. The third kappa shape index (κ3) is 4.09. The number of nitrogens with zero attached hydrogens (tertiary/aromatic N) is 1. The number of morpholine rings is 1. The van der Waals surface area contributed by atoms with E-state index in [9.17, 15) is 5.11 Å². The van der Waals surface area contributed by atoms with Crippen LogP contribution in [-0.2, 0) is 4.74 Å². The summed E-state index contributed by atoms with van der Waals surface area (Å²) in [6, 6.07) is 0. The Morgan fingerprint density at radius 3 is 2.07 bits per heavy atom. The average molecular weight is 215 g/mol. The van der Waals surface area contributed by atoms with Crippen molar-refractivity contribution >= 4 is 0 Å². The van der Waals surface area contributed by atoms with Crippen LogP contribution in [-0.4, -0.2) is 46.9 Å². The Morgan fingerprint density at radius 1 is 1.20 bits per heavy atom. The van der Waals surface area contributed by atoms with Crippen molar-refractivity contribution in [1.29, 1.82) is 0 Å². The van der Waals surface area contributed by atoms with Crippen molar-refractivity contribution in [2.24, 2.45) is 0 Å². The van der Waals surface area contributed by atoms with Crippen LogP contribution in [0.1, 0.15) is 41.0 Å². The highest BCUT2D eigenvalue weighted by Gasteiger charge is 2.38. The number of aliphatic hydroxyl groups is 1. The summed E-state index contributed by atoms with van der Waals surface area (Å²) in [4.78, 5) is 2.30. The fraction of sp³-hybridized carbons (Fsp3) is 1.00. The summed E-state index contributed by atoms with van der Waals surface area (Å²) in [6.07, 6.45) is 0.604. The molecule has 1 aliphatic heterocycles. The van der Waals surface area contributed by atoms with Gasteiger partial charge in [0.25, 0.3) is 0 Å². The summed E-state index contributed by atoms with van der Waals surface area (Å²) in [5.41, 5.74) is -0.232. The first-order valence-electron chi connectivity index (χ1n) is 5.85. The number of hydrogen-bond acceptors (Lipinski definition) is 3.